The molecule has 1 aliphatic carbocycles. The number of piperidine rings is 1. The number of carbonyl (C=O) groups excluding carboxylic acids is 2. The molecule has 0 spiro atoms. The molecule has 2 aliphatic rings. The largest absolute Gasteiger partial charge is 0.872 e. The number of hydrogen-bond donors (Lipinski definition) is 1. The van der Waals surface area contributed by atoms with Crippen LogP contribution in [0.1, 0.15) is 55.9 Å². The van der Waals surface area contributed by atoms with Crippen molar-refractivity contribution in [3.8, 4) is 5.75 Å². The monoisotopic (exact) mass is 568 g/mol. The molecule has 0 bridgehead atoms. The first-order chi connectivity index (χ1) is 18.2. The van der Waals surface area contributed by atoms with Crippen molar-refractivity contribution in [3.05, 3.63) is 52.2 Å². The van der Waals surface area contributed by atoms with Crippen LogP contribution < -0.4 is 5.11 Å². The fourth-order valence-electron chi connectivity index (χ4n) is 5.59. The molecule has 1 saturated carbocycles. The maximum atomic E-state index is 13.7. The lowest BCUT2D eigenvalue weighted by Crippen LogP contribution is -2.58. The van der Waals surface area contributed by atoms with Crippen molar-refractivity contribution in [2.75, 3.05) is 33.7 Å². The molecule has 2 aromatic rings. The molecule has 39 heavy (non-hydrogen) atoms. The van der Waals surface area contributed by atoms with E-state index in [2.05, 4.69) is 14.1 Å². The van der Waals surface area contributed by atoms with Crippen molar-refractivity contribution in [2.24, 2.45) is 5.92 Å². The second-order valence-corrected chi connectivity index (χ2v) is 12.1. The van der Waals surface area contributed by atoms with Crippen molar-refractivity contribution in [1.29, 1.82) is 0 Å². The van der Waals surface area contributed by atoms with Gasteiger partial charge in [0.15, 0.2) is 5.60 Å². The molecule has 1 unspecified atom stereocenters. The van der Waals surface area contributed by atoms with Gasteiger partial charge in [0.05, 0.1) is 26.7 Å². The number of amides is 1. The van der Waals surface area contributed by atoms with Crippen LogP contribution in [0.4, 0.5) is 13.2 Å². The summed E-state index contributed by atoms with van der Waals surface area (Å²) in [6.45, 7) is 2.89. The summed E-state index contributed by atoms with van der Waals surface area (Å²) in [7, 11) is 4.54. The Bertz CT molecular complexity index is 1070. The zero-order chi connectivity index (χ0) is 28.8. The Morgan fingerprint density at radius 3 is 2.10 bits per heavy atom. The van der Waals surface area contributed by atoms with E-state index in [1.807, 2.05) is 34.5 Å². The van der Waals surface area contributed by atoms with E-state index in [0.29, 0.717) is 26.1 Å². The highest BCUT2D eigenvalue weighted by molar-refractivity contribution is 7.10. The number of benzene rings is 1. The summed E-state index contributed by atoms with van der Waals surface area (Å²) < 4.78 is 33.4. The lowest BCUT2D eigenvalue weighted by Gasteiger charge is -2.45. The SMILES string of the molecule is CC(=O)C(F)(F)F.C[N+](C)(CCc1ccc([O-])cc1)C1CCN(C(=O)C(O)(c2cccs2)C2CCCC2)CC1. The summed E-state index contributed by atoms with van der Waals surface area (Å²) in [4.78, 5) is 25.7. The van der Waals surface area contributed by atoms with Gasteiger partial charge in [-0.25, -0.2) is 0 Å². The normalized spacial score (nSPS) is 18.8. The van der Waals surface area contributed by atoms with E-state index in [4.69, 9.17) is 0 Å². The van der Waals surface area contributed by atoms with Crippen LogP contribution in [-0.4, -0.2) is 72.1 Å². The number of alkyl halides is 3. The Labute approximate surface area is 232 Å². The Kier molecular flexibility index (Phi) is 10.2. The average Bonchev–Trinajstić information content (AvgIpc) is 3.63. The Balaban J connectivity index is 0.000000532. The van der Waals surface area contributed by atoms with Gasteiger partial charge in [-0.2, -0.15) is 13.2 Å². The zero-order valence-corrected chi connectivity index (χ0v) is 23.7. The number of nitrogens with zero attached hydrogens (tertiary/aromatic N) is 2. The van der Waals surface area contributed by atoms with Gasteiger partial charge in [0, 0.05) is 50.1 Å². The summed E-state index contributed by atoms with van der Waals surface area (Å²) in [6.07, 6.45) is 2.23. The molecule has 1 aromatic heterocycles. The highest BCUT2D eigenvalue weighted by Gasteiger charge is 2.50. The number of likely N-dealkylation sites (tertiary alicyclic amines) is 1. The first kappa shape index (κ1) is 31.1. The second-order valence-electron chi connectivity index (χ2n) is 11.2. The van der Waals surface area contributed by atoms with E-state index in [1.54, 1.807) is 12.1 Å². The average molecular weight is 569 g/mol. The maximum absolute atomic E-state index is 13.7. The molecule has 6 nitrogen and oxygen atoms in total. The lowest BCUT2D eigenvalue weighted by atomic mass is 9.82. The van der Waals surface area contributed by atoms with Crippen molar-refractivity contribution in [3.63, 3.8) is 0 Å². The second kappa shape index (κ2) is 12.8. The van der Waals surface area contributed by atoms with Crippen LogP contribution >= 0.6 is 11.3 Å². The fraction of sp³-hybridized carbons (Fsp3) is 0.586. The Morgan fingerprint density at radius 1 is 1.05 bits per heavy atom. The molecule has 4 rings (SSSR count). The summed E-state index contributed by atoms with van der Waals surface area (Å²) in [5, 5.41) is 25.0. The van der Waals surface area contributed by atoms with Crippen molar-refractivity contribution in [1.82, 2.24) is 4.90 Å². The lowest BCUT2D eigenvalue weighted by molar-refractivity contribution is -0.916. The third-order valence-corrected chi connectivity index (χ3v) is 9.20. The van der Waals surface area contributed by atoms with Crippen LogP contribution in [0.15, 0.2) is 41.8 Å². The van der Waals surface area contributed by atoms with Crippen LogP contribution in [0.5, 0.6) is 5.75 Å². The molecule has 0 radical (unpaired) electrons. The number of Topliss-reactive ketones (excluding diaryl/α,β-unsaturated/α-hetero) is 1. The first-order valence-corrected chi connectivity index (χ1v) is 14.3. The van der Waals surface area contributed by atoms with Gasteiger partial charge < -0.3 is 19.6 Å². The summed E-state index contributed by atoms with van der Waals surface area (Å²) in [5.41, 5.74) is -0.170. The van der Waals surface area contributed by atoms with Gasteiger partial charge in [-0.15, -0.1) is 17.1 Å². The predicted octanol–water partition coefficient (Wildman–Crippen LogP) is 4.65. The summed E-state index contributed by atoms with van der Waals surface area (Å²) in [5.74, 6) is -1.76. The molecule has 2 heterocycles. The number of carbonyl (C=O) groups is 2. The summed E-state index contributed by atoms with van der Waals surface area (Å²) >= 11 is 1.50. The fourth-order valence-corrected chi connectivity index (χ4v) is 6.48. The van der Waals surface area contributed by atoms with Crippen LogP contribution in [0.25, 0.3) is 0 Å². The van der Waals surface area contributed by atoms with Gasteiger partial charge in [-0.3, -0.25) is 9.59 Å². The predicted molar refractivity (Wildman–Crippen MR) is 143 cm³/mol. The number of ketones is 1. The number of halogens is 3. The van der Waals surface area contributed by atoms with E-state index in [1.165, 1.54) is 16.9 Å². The standard InChI is InChI=1S/C26H36N2O3S.C3H3F3O/c1-28(2,18-15-20-9-11-23(29)12-10-20)22-13-16-27(17-14-22)25(30)26(31,21-6-3-4-7-21)24-8-5-19-32-24;1-2(7)3(4,5)6/h5,8-12,19,21-22,31H,3-4,6-7,13-18H2,1-2H3;1H3. The smallest absolute Gasteiger partial charge is 0.449 e. The van der Waals surface area contributed by atoms with Crippen molar-refractivity contribution >= 4 is 23.0 Å². The minimum atomic E-state index is -4.64. The van der Waals surface area contributed by atoms with Gasteiger partial charge in [0.25, 0.3) is 5.91 Å². The number of hydrogen-bond acceptors (Lipinski definition) is 5. The highest BCUT2D eigenvalue weighted by Crippen LogP contribution is 2.44. The topological polar surface area (TPSA) is 80.7 Å². The van der Waals surface area contributed by atoms with Gasteiger partial charge >= 0.3 is 6.18 Å². The minimum Gasteiger partial charge on any atom is -0.872 e. The molecule has 10 heteroatoms. The highest BCUT2D eigenvalue weighted by atomic mass is 32.1. The number of aliphatic hydroxyl groups is 1. The summed E-state index contributed by atoms with van der Waals surface area (Å²) in [6, 6.07) is 11.5. The van der Waals surface area contributed by atoms with Crippen LogP contribution in [-0.2, 0) is 21.6 Å². The van der Waals surface area contributed by atoms with Gasteiger partial charge in [0.1, 0.15) is 0 Å². The molecule has 1 aromatic carbocycles. The number of rotatable bonds is 7. The van der Waals surface area contributed by atoms with E-state index in [0.717, 1.165) is 60.9 Å². The molecule has 1 atom stereocenters. The number of thiophene rings is 1. The molecule has 1 saturated heterocycles. The van der Waals surface area contributed by atoms with Gasteiger partial charge in [0.2, 0.25) is 5.78 Å². The Morgan fingerprint density at radius 2 is 1.62 bits per heavy atom. The molecule has 1 N–H and O–H groups in total. The van der Waals surface area contributed by atoms with Gasteiger partial charge in [-0.05, 0) is 29.9 Å². The molecule has 1 aliphatic heterocycles. The molecule has 1 amide bonds. The van der Waals surface area contributed by atoms with E-state index in [-0.39, 0.29) is 17.6 Å². The number of likely N-dealkylation sites (N-methyl/N-ethyl adjacent to an activating group) is 1. The van der Waals surface area contributed by atoms with Crippen molar-refractivity contribution < 1.29 is 37.5 Å². The van der Waals surface area contributed by atoms with Crippen LogP contribution in [0.2, 0.25) is 0 Å². The quantitative estimate of drug-likeness (QED) is 0.494. The van der Waals surface area contributed by atoms with E-state index < -0.39 is 17.6 Å². The number of quaternary nitrogens is 1. The zero-order valence-electron chi connectivity index (χ0n) is 22.9. The van der Waals surface area contributed by atoms with E-state index >= 15 is 0 Å². The molecular formula is C29H39F3N2O4S. The molecular weight excluding hydrogens is 529 g/mol. The first-order valence-electron chi connectivity index (χ1n) is 13.5. The van der Waals surface area contributed by atoms with Crippen molar-refractivity contribution in [2.45, 2.75) is 69.7 Å². The molecule has 216 valence electrons. The van der Waals surface area contributed by atoms with Crippen LogP contribution in [0.3, 0.4) is 0 Å². The van der Waals surface area contributed by atoms with Gasteiger partial charge in [-0.1, -0.05) is 43.2 Å². The van der Waals surface area contributed by atoms with E-state index in [9.17, 15) is 33.0 Å². The maximum Gasteiger partial charge on any atom is 0.449 e. The van der Waals surface area contributed by atoms with Crippen LogP contribution in [0, 0.1) is 5.92 Å². The third kappa shape index (κ3) is 7.83. The third-order valence-electron chi connectivity index (χ3n) is 8.21. The minimum absolute atomic E-state index is 0.0269. The molecule has 2 fully saturated rings. The Hall–Kier alpha value is -2.43.